The summed E-state index contributed by atoms with van der Waals surface area (Å²) >= 11 is 5.56. The molecule has 162 valence electrons. The maximum atomic E-state index is 11.5. The Hall–Kier alpha value is -3.77. The summed E-state index contributed by atoms with van der Waals surface area (Å²) in [5.74, 6) is 1.90. The third kappa shape index (κ3) is 4.76. The van der Waals surface area contributed by atoms with Gasteiger partial charge in [0, 0.05) is 28.4 Å². The van der Waals surface area contributed by atoms with Crippen LogP contribution < -0.4 is 20.1 Å². The van der Waals surface area contributed by atoms with E-state index in [0.717, 1.165) is 39.2 Å². The van der Waals surface area contributed by atoms with E-state index in [9.17, 15) is 4.79 Å². The number of anilines is 3. The number of methoxy groups -OCH3 is 2. The van der Waals surface area contributed by atoms with Crippen molar-refractivity contribution in [1.29, 1.82) is 0 Å². The third-order valence-electron chi connectivity index (χ3n) is 4.98. The number of ether oxygens (including phenoxy) is 2. The Morgan fingerprint density at radius 2 is 1.53 bits per heavy atom. The summed E-state index contributed by atoms with van der Waals surface area (Å²) in [4.78, 5) is 16.4. The number of aromatic nitrogens is 1. The van der Waals surface area contributed by atoms with Gasteiger partial charge in [0.2, 0.25) is 5.91 Å². The van der Waals surface area contributed by atoms with Gasteiger partial charge in [-0.15, -0.1) is 11.6 Å². The first-order valence-electron chi connectivity index (χ1n) is 9.96. The summed E-state index contributed by atoms with van der Waals surface area (Å²) in [7, 11) is 3.28. The predicted molar refractivity (Wildman–Crippen MR) is 129 cm³/mol. The number of benzene rings is 3. The SMILES string of the molecule is COc1ccc(-c2cc3ccc(OC)cc3nc2Nc2ccc(NC(=O)CCl)cc2)cc1. The van der Waals surface area contributed by atoms with Gasteiger partial charge in [0.15, 0.2) is 0 Å². The molecule has 1 amide bonds. The summed E-state index contributed by atoms with van der Waals surface area (Å²) in [6.07, 6.45) is 0. The van der Waals surface area contributed by atoms with E-state index in [0.29, 0.717) is 11.5 Å². The van der Waals surface area contributed by atoms with Crippen LogP contribution in [-0.2, 0) is 4.79 Å². The normalized spacial score (nSPS) is 10.6. The molecule has 0 saturated carbocycles. The highest BCUT2D eigenvalue weighted by Gasteiger charge is 2.11. The number of alkyl halides is 1. The molecule has 0 spiro atoms. The zero-order valence-corrected chi connectivity index (χ0v) is 18.4. The number of nitrogens with zero attached hydrogens (tertiary/aromatic N) is 1. The van der Waals surface area contributed by atoms with Gasteiger partial charge in [-0.05, 0) is 60.2 Å². The molecule has 0 aliphatic rings. The Labute approximate surface area is 191 Å². The summed E-state index contributed by atoms with van der Waals surface area (Å²) in [6.45, 7) is 0. The van der Waals surface area contributed by atoms with E-state index in [2.05, 4.69) is 16.7 Å². The minimum Gasteiger partial charge on any atom is -0.497 e. The molecular weight excluding hydrogens is 426 g/mol. The molecule has 3 aromatic carbocycles. The summed E-state index contributed by atoms with van der Waals surface area (Å²) in [5.41, 5.74) is 4.27. The van der Waals surface area contributed by atoms with Crippen molar-refractivity contribution in [3.8, 4) is 22.6 Å². The Kier molecular flexibility index (Phi) is 6.42. The molecule has 0 unspecified atom stereocenters. The molecule has 0 atom stereocenters. The second kappa shape index (κ2) is 9.58. The molecule has 6 nitrogen and oxygen atoms in total. The number of rotatable bonds is 7. The van der Waals surface area contributed by atoms with Crippen LogP contribution in [0.2, 0.25) is 0 Å². The van der Waals surface area contributed by atoms with Gasteiger partial charge < -0.3 is 20.1 Å². The number of pyridine rings is 1. The molecule has 32 heavy (non-hydrogen) atoms. The van der Waals surface area contributed by atoms with E-state index < -0.39 is 0 Å². The first-order valence-corrected chi connectivity index (χ1v) is 10.5. The second-order valence-corrected chi connectivity index (χ2v) is 7.32. The van der Waals surface area contributed by atoms with Crippen LogP contribution in [-0.4, -0.2) is 31.0 Å². The lowest BCUT2D eigenvalue weighted by atomic mass is 10.0. The molecule has 0 bridgehead atoms. The average Bonchev–Trinajstić information content (AvgIpc) is 2.84. The quantitative estimate of drug-likeness (QED) is 0.348. The lowest BCUT2D eigenvalue weighted by Crippen LogP contribution is -2.12. The van der Waals surface area contributed by atoms with Gasteiger partial charge in [0.1, 0.15) is 23.2 Å². The molecule has 0 radical (unpaired) electrons. The Bertz CT molecular complexity index is 1240. The monoisotopic (exact) mass is 447 g/mol. The van der Waals surface area contributed by atoms with Crippen LogP contribution in [0.5, 0.6) is 11.5 Å². The molecule has 4 aromatic rings. The van der Waals surface area contributed by atoms with E-state index in [1.807, 2.05) is 66.7 Å². The number of carbonyl (C=O) groups is 1. The van der Waals surface area contributed by atoms with Crippen molar-refractivity contribution in [2.75, 3.05) is 30.7 Å². The van der Waals surface area contributed by atoms with E-state index in [4.69, 9.17) is 26.1 Å². The molecule has 4 rings (SSSR count). The zero-order chi connectivity index (χ0) is 22.5. The van der Waals surface area contributed by atoms with Gasteiger partial charge in [0.05, 0.1) is 19.7 Å². The maximum absolute atomic E-state index is 11.5. The molecule has 1 aromatic heterocycles. The molecule has 0 aliphatic carbocycles. The number of amides is 1. The smallest absolute Gasteiger partial charge is 0.239 e. The van der Waals surface area contributed by atoms with Gasteiger partial charge in [-0.25, -0.2) is 4.98 Å². The van der Waals surface area contributed by atoms with Crippen molar-refractivity contribution >= 4 is 45.6 Å². The molecule has 0 saturated heterocycles. The van der Waals surface area contributed by atoms with Gasteiger partial charge in [-0.1, -0.05) is 12.1 Å². The maximum Gasteiger partial charge on any atom is 0.239 e. The number of fused-ring (bicyclic) bond motifs is 1. The number of halogens is 1. The van der Waals surface area contributed by atoms with E-state index in [1.165, 1.54) is 0 Å². The van der Waals surface area contributed by atoms with Crippen molar-refractivity contribution in [1.82, 2.24) is 4.98 Å². The predicted octanol–water partition coefficient (Wildman–Crippen LogP) is 5.84. The highest BCUT2D eigenvalue weighted by molar-refractivity contribution is 6.29. The standard InChI is InChI=1S/C25H22ClN3O3/c1-31-20-10-3-16(4-11-20)22-13-17-5-12-21(32-2)14-23(17)29-25(22)28-19-8-6-18(7-9-19)27-24(30)15-26/h3-14H,15H2,1-2H3,(H,27,30)(H,28,29). The van der Waals surface area contributed by atoms with Crippen molar-refractivity contribution < 1.29 is 14.3 Å². The van der Waals surface area contributed by atoms with Gasteiger partial charge in [-0.3, -0.25) is 4.79 Å². The lowest BCUT2D eigenvalue weighted by molar-refractivity contribution is -0.113. The van der Waals surface area contributed by atoms with Crippen LogP contribution in [0, 0.1) is 0 Å². The first-order chi connectivity index (χ1) is 15.6. The topological polar surface area (TPSA) is 72.5 Å². The molecule has 1 heterocycles. The molecule has 2 N–H and O–H groups in total. The number of carbonyl (C=O) groups excluding carboxylic acids is 1. The first kappa shape index (κ1) is 21.5. The van der Waals surface area contributed by atoms with E-state index in [1.54, 1.807) is 14.2 Å². The van der Waals surface area contributed by atoms with E-state index in [-0.39, 0.29) is 11.8 Å². The summed E-state index contributed by atoms with van der Waals surface area (Å²) < 4.78 is 10.6. The van der Waals surface area contributed by atoms with E-state index >= 15 is 0 Å². The van der Waals surface area contributed by atoms with Crippen LogP contribution in [0.3, 0.4) is 0 Å². The molecular formula is C25H22ClN3O3. The number of hydrogen-bond acceptors (Lipinski definition) is 5. The fraction of sp³-hybridized carbons (Fsp3) is 0.120. The van der Waals surface area contributed by atoms with Crippen molar-refractivity contribution in [3.05, 3.63) is 72.8 Å². The van der Waals surface area contributed by atoms with Gasteiger partial charge in [-0.2, -0.15) is 0 Å². The van der Waals surface area contributed by atoms with Crippen LogP contribution in [0.25, 0.3) is 22.0 Å². The Morgan fingerprint density at radius 3 is 2.19 bits per heavy atom. The summed E-state index contributed by atoms with van der Waals surface area (Å²) in [5, 5.41) is 7.13. The van der Waals surface area contributed by atoms with Crippen molar-refractivity contribution in [2.24, 2.45) is 0 Å². The van der Waals surface area contributed by atoms with Crippen LogP contribution in [0.15, 0.2) is 72.8 Å². The lowest BCUT2D eigenvalue weighted by Gasteiger charge is -2.14. The zero-order valence-electron chi connectivity index (χ0n) is 17.7. The van der Waals surface area contributed by atoms with Crippen LogP contribution >= 0.6 is 11.6 Å². The van der Waals surface area contributed by atoms with Gasteiger partial charge in [0.25, 0.3) is 0 Å². The van der Waals surface area contributed by atoms with Crippen molar-refractivity contribution in [2.45, 2.75) is 0 Å². The van der Waals surface area contributed by atoms with Crippen LogP contribution in [0.4, 0.5) is 17.2 Å². The fourth-order valence-electron chi connectivity index (χ4n) is 3.33. The Balaban J connectivity index is 1.73. The molecule has 7 heteroatoms. The van der Waals surface area contributed by atoms with Crippen LogP contribution in [0.1, 0.15) is 0 Å². The molecule has 0 aliphatic heterocycles. The second-order valence-electron chi connectivity index (χ2n) is 7.06. The number of nitrogens with one attached hydrogen (secondary N) is 2. The van der Waals surface area contributed by atoms with Gasteiger partial charge >= 0.3 is 0 Å². The minimum atomic E-state index is -0.251. The third-order valence-corrected chi connectivity index (χ3v) is 5.22. The highest BCUT2D eigenvalue weighted by atomic mass is 35.5. The Morgan fingerprint density at radius 1 is 0.875 bits per heavy atom. The fourth-order valence-corrected chi connectivity index (χ4v) is 3.39. The minimum absolute atomic E-state index is 0.0876. The average molecular weight is 448 g/mol. The number of hydrogen-bond donors (Lipinski definition) is 2. The largest absolute Gasteiger partial charge is 0.497 e. The summed E-state index contributed by atoms with van der Waals surface area (Å²) in [6, 6.07) is 23.1. The highest BCUT2D eigenvalue weighted by Crippen LogP contribution is 2.34. The van der Waals surface area contributed by atoms with Crippen molar-refractivity contribution in [3.63, 3.8) is 0 Å². The molecule has 0 fully saturated rings.